The number of rotatable bonds is 6. The first kappa shape index (κ1) is 15.7. The predicted octanol–water partition coefficient (Wildman–Crippen LogP) is 2.54. The minimum atomic E-state index is -0.597. The Morgan fingerprint density at radius 2 is 2.22 bits per heavy atom. The molecule has 0 radical (unpaired) electrons. The number of aliphatic hydroxyl groups excluding tert-OH is 1. The maximum Gasteiger partial charge on any atom is 0.234 e. The summed E-state index contributed by atoms with van der Waals surface area (Å²) in [4.78, 5) is 8.81. The maximum absolute atomic E-state index is 10.1. The Bertz CT molecular complexity index is 779. The summed E-state index contributed by atoms with van der Waals surface area (Å²) in [7, 11) is 0. The van der Waals surface area contributed by atoms with E-state index in [1.165, 1.54) is 0 Å². The molecule has 0 saturated carbocycles. The SMILES string of the molecule is Cc1cc(C)n2c(CNC(C)CC(O)c3ccco3)cnc2n1. The zero-order chi connectivity index (χ0) is 16.4. The average molecular weight is 314 g/mol. The second-order valence-electron chi connectivity index (χ2n) is 5.97. The number of hydrogen-bond donors (Lipinski definition) is 2. The van der Waals surface area contributed by atoms with Gasteiger partial charge in [-0.15, -0.1) is 0 Å². The summed E-state index contributed by atoms with van der Waals surface area (Å²) in [5.41, 5.74) is 3.14. The van der Waals surface area contributed by atoms with E-state index in [0.29, 0.717) is 18.7 Å². The highest BCUT2D eigenvalue weighted by atomic mass is 16.4. The maximum atomic E-state index is 10.1. The van der Waals surface area contributed by atoms with Crippen LogP contribution in [0.4, 0.5) is 0 Å². The first-order valence-electron chi connectivity index (χ1n) is 7.80. The van der Waals surface area contributed by atoms with Crippen LogP contribution < -0.4 is 5.32 Å². The molecule has 122 valence electrons. The number of furan rings is 1. The largest absolute Gasteiger partial charge is 0.467 e. The Labute approximate surface area is 135 Å². The zero-order valence-corrected chi connectivity index (χ0v) is 13.7. The molecule has 0 aromatic carbocycles. The second-order valence-corrected chi connectivity index (χ2v) is 5.97. The van der Waals surface area contributed by atoms with E-state index in [1.54, 1.807) is 18.4 Å². The van der Waals surface area contributed by atoms with E-state index in [2.05, 4.69) is 26.6 Å². The van der Waals surface area contributed by atoms with Gasteiger partial charge in [-0.1, -0.05) is 0 Å². The topological polar surface area (TPSA) is 75.6 Å². The number of aryl methyl sites for hydroxylation is 2. The number of nitrogens with one attached hydrogen (secondary N) is 1. The van der Waals surface area contributed by atoms with Crippen molar-refractivity contribution in [3.05, 3.63) is 53.5 Å². The number of hydrogen-bond acceptors (Lipinski definition) is 5. The van der Waals surface area contributed by atoms with Gasteiger partial charge in [0.1, 0.15) is 11.9 Å². The molecule has 0 bridgehead atoms. The first-order chi connectivity index (χ1) is 11.0. The molecule has 23 heavy (non-hydrogen) atoms. The third-order valence-electron chi connectivity index (χ3n) is 3.94. The van der Waals surface area contributed by atoms with Gasteiger partial charge >= 0.3 is 0 Å². The van der Waals surface area contributed by atoms with E-state index in [0.717, 1.165) is 22.9 Å². The van der Waals surface area contributed by atoms with Gasteiger partial charge in [0.05, 0.1) is 18.2 Å². The monoisotopic (exact) mass is 314 g/mol. The van der Waals surface area contributed by atoms with Gasteiger partial charge in [0, 0.05) is 24.0 Å². The van der Waals surface area contributed by atoms with Crippen molar-refractivity contribution in [1.29, 1.82) is 0 Å². The molecule has 2 atom stereocenters. The lowest BCUT2D eigenvalue weighted by Gasteiger charge is -2.16. The van der Waals surface area contributed by atoms with Gasteiger partial charge in [0.25, 0.3) is 0 Å². The van der Waals surface area contributed by atoms with Crippen LogP contribution >= 0.6 is 0 Å². The van der Waals surface area contributed by atoms with E-state index >= 15 is 0 Å². The molecule has 0 aliphatic rings. The molecule has 0 aliphatic carbocycles. The van der Waals surface area contributed by atoms with Crippen molar-refractivity contribution in [2.45, 2.75) is 45.9 Å². The number of aromatic nitrogens is 3. The van der Waals surface area contributed by atoms with E-state index < -0.39 is 6.10 Å². The predicted molar refractivity (Wildman–Crippen MR) is 87.0 cm³/mol. The molecule has 3 rings (SSSR count). The fourth-order valence-electron chi connectivity index (χ4n) is 2.81. The van der Waals surface area contributed by atoms with Crippen molar-refractivity contribution in [2.75, 3.05) is 0 Å². The van der Waals surface area contributed by atoms with Gasteiger partial charge in [0.2, 0.25) is 5.78 Å². The molecule has 6 heteroatoms. The molecule has 3 aromatic heterocycles. The summed E-state index contributed by atoms with van der Waals surface area (Å²) < 4.78 is 7.28. The third kappa shape index (κ3) is 3.43. The van der Waals surface area contributed by atoms with Gasteiger partial charge < -0.3 is 14.8 Å². The Morgan fingerprint density at radius 1 is 1.39 bits per heavy atom. The first-order valence-corrected chi connectivity index (χ1v) is 7.80. The van der Waals surface area contributed by atoms with Crippen molar-refractivity contribution in [1.82, 2.24) is 19.7 Å². The minimum absolute atomic E-state index is 0.138. The Hall–Kier alpha value is -2.18. The van der Waals surface area contributed by atoms with Gasteiger partial charge in [-0.3, -0.25) is 4.40 Å². The fraction of sp³-hybridized carbons (Fsp3) is 0.412. The lowest BCUT2D eigenvalue weighted by Crippen LogP contribution is -2.28. The molecule has 0 amide bonds. The lowest BCUT2D eigenvalue weighted by atomic mass is 10.1. The summed E-state index contributed by atoms with van der Waals surface area (Å²) in [6.07, 6.45) is 3.41. The lowest BCUT2D eigenvalue weighted by molar-refractivity contribution is 0.128. The third-order valence-corrected chi connectivity index (χ3v) is 3.94. The minimum Gasteiger partial charge on any atom is -0.467 e. The Morgan fingerprint density at radius 3 is 2.96 bits per heavy atom. The smallest absolute Gasteiger partial charge is 0.234 e. The molecule has 6 nitrogen and oxygen atoms in total. The van der Waals surface area contributed by atoms with Gasteiger partial charge in [-0.2, -0.15) is 0 Å². The van der Waals surface area contributed by atoms with E-state index in [9.17, 15) is 5.11 Å². The molecule has 3 heterocycles. The number of aliphatic hydroxyl groups is 1. The van der Waals surface area contributed by atoms with Crippen LogP contribution in [0.3, 0.4) is 0 Å². The Balaban J connectivity index is 1.64. The quantitative estimate of drug-likeness (QED) is 0.731. The standard InChI is InChI=1S/C17H22N4O2/c1-11(8-15(22)16-5-4-6-23-16)18-9-14-10-19-17-20-12(2)7-13(3)21(14)17/h4-7,10-11,15,18,22H,8-9H2,1-3H3. The van der Waals surface area contributed by atoms with Crippen molar-refractivity contribution in [2.24, 2.45) is 0 Å². The Kier molecular flexibility index (Phi) is 4.45. The molecule has 0 fully saturated rings. The zero-order valence-electron chi connectivity index (χ0n) is 13.7. The van der Waals surface area contributed by atoms with Crippen LogP contribution in [0.5, 0.6) is 0 Å². The molecule has 3 aromatic rings. The highest BCUT2D eigenvalue weighted by Crippen LogP contribution is 2.18. The molecule has 0 saturated heterocycles. The van der Waals surface area contributed by atoms with Crippen molar-refractivity contribution >= 4 is 5.78 Å². The number of nitrogens with zero attached hydrogens (tertiary/aromatic N) is 3. The van der Waals surface area contributed by atoms with Crippen LogP contribution in [-0.4, -0.2) is 25.5 Å². The van der Waals surface area contributed by atoms with Crippen LogP contribution in [0.1, 0.15) is 42.3 Å². The van der Waals surface area contributed by atoms with E-state index in [-0.39, 0.29) is 6.04 Å². The molecule has 2 unspecified atom stereocenters. The van der Waals surface area contributed by atoms with E-state index in [4.69, 9.17) is 4.42 Å². The summed E-state index contributed by atoms with van der Waals surface area (Å²) in [5, 5.41) is 13.5. The van der Waals surface area contributed by atoms with Crippen LogP contribution in [0.15, 0.2) is 35.1 Å². The highest BCUT2D eigenvalue weighted by molar-refractivity contribution is 5.35. The second kappa shape index (κ2) is 6.52. The van der Waals surface area contributed by atoms with Crippen LogP contribution in [0.25, 0.3) is 5.78 Å². The number of imidazole rings is 1. The van der Waals surface area contributed by atoms with Crippen molar-refractivity contribution in [3.8, 4) is 0 Å². The van der Waals surface area contributed by atoms with Gasteiger partial charge in [-0.05, 0) is 45.4 Å². The van der Waals surface area contributed by atoms with Crippen LogP contribution in [-0.2, 0) is 6.54 Å². The molecular formula is C17H22N4O2. The van der Waals surface area contributed by atoms with Crippen molar-refractivity contribution in [3.63, 3.8) is 0 Å². The molecule has 0 aliphatic heterocycles. The highest BCUT2D eigenvalue weighted by Gasteiger charge is 2.15. The normalized spacial score (nSPS) is 14.3. The van der Waals surface area contributed by atoms with Gasteiger partial charge in [0.15, 0.2) is 0 Å². The number of fused-ring (bicyclic) bond motifs is 1. The van der Waals surface area contributed by atoms with Crippen molar-refractivity contribution < 1.29 is 9.52 Å². The summed E-state index contributed by atoms with van der Waals surface area (Å²) in [5.74, 6) is 1.33. The van der Waals surface area contributed by atoms with Gasteiger partial charge in [-0.25, -0.2) is 9.97 Å². The molecule has 0 spiro atoms. The fourth-order valence-corrected chi connectivity index (χ4v) is 2.81. The van der Waals surface area contributed by atoms with Crippen LogP contribution in [0.2, 0.25) is 0 Å². The summed E-state index contributed by atoms with van der Waals surface area (Å²) >= 11 is 0. The van der Waals surface area contributed by atoms with E-state index in [1.807, 2.05) is 26.1 Å². The average Bonchev–Trinajstić information content (AvgIpc) is 3.14. The van der Waals surface area contributed by atoms with Crippen LogP contribution in [0, 0.1) is 13.8 Å². The molecule has 2 N–H and O–H groups in total. The summed E-state index contributed by atoms with van der Waals surface area (Å²) in [6, 6.07) is 5.76. The molecular weight excluding hydrogens is 292 g/mol. The summed E-state index contributed by atoms with van der Waals surface area (Å²) in [6.45, 7) is 6.73.